The molecule has 4 aromatic rings. The van der Waals surface area contributed by atoms with E-state index in [1.54, 1.807) is 30.3 Å². The first-order chi connectivity index (χ1) is 15.3. The number of hydrogen-bond acceptors (Lipinski definition) is 6. The minimum atomic E-state index is -0.967. The van der Waals surface area contributed by atoms with Crippen LogP contribution in [0.5, 0.6) is 0 Å². The topological polar surface area (TPSA) is 107 Å². The average Bonchev–Trinajstić information content (AvgIpc) is 3.07. The summed E-state index contributed by atoms with van der Waals surface area (Å²) in [5.74, 6) is -0.474. The summed E-state index contributed by atoms with van der Waals surface area (Å²) in [6, 6.07) is 12.8. The predicted molar refractivity (Wildman–Crippen MR) is 121 cm³/mol. The Labute approximate surface area is 193 Å². The average molecular weight is 513 g/mol. The smallest absolute Gasteiger partial charge is 0.296 e. The molecular formula is C22H11BrClN3O5. The lowest BCUT2D eigenvalue weighted by Crippen LogP contribution is -2.30. The van der Waals surface area contributed by atoms with Crippen LogP contribution in [0.4, 0.5) is 11.5 Å². The highest BCUT2D eigenvalue weighted by Crippen LogP contribution is 2.41. The first-order valence-electron chi connectivity index (χ1n) is 9.31. The number of non-ortho nitro benzene ring substituents is 1. The molecule has 0 aliphatic carbocycles. The van der Waals surface area contributed by atoms with Crippen molar-refractivity contribution < 1.29 is 14.1 Å². The van der Waals surface area contributed by atoms with Gasteiger partial charge in [-0.3, -0.25) is 24.6 Å². The van der Waals surface area contributed by atoms with Gasteiger partial charge in [0.25, 0.3) is 11.6 Å². The minimum absolute atomic E-state index is 0.0952. The summed E-state index contributed by atoms with van der Waals surface area (Å²) in [6.45, 7) is 0. The van der Waals surface area contributed by atoms with Gasteiger partial charge in [0.2, 0.25) is 5.76 Å². The third-order valence-electron chi connectivity index (χ3n) is 5.19. The lowest BCUT2D eigenvalue weighted by Gasteiger charge is -2.24. The fourth-order valence-corrected chi connectivity index (χ4v) is 4.29. The van der Waals surface area contributed by atoms with Gasteiger partial charge < -0.3 is 4.42 Å². The molecule has 158 valence electrons. The SMILES string of the molecule is O=C1c2oc3ccc(Br)cc3c(=O)c2C(c2cccc([N+](=O)[O-])c2)N1c1ccc(Cl)cn1. The van der Waals surface area contributed by atoms with E-state index in [1.807, 2.05) is 0 Å². The molecule has 0 fully saturated rings. The molecule has 0 saturated heterocycles. The van der Waals surface area contributed by atoms with Crippen LogP contribution >= 0.6 is 27.5 Å². The molecule has 0 N–H and O–H groups in total. The van der Waals surface area contributed by atoms with Crippen molar-refractivity contribution >= 4 is 55.9 Å². The van der Waals surface area contributed by atoms with Gasteiger partial charge in [-0.1, -0.05) is 39.7 Å². The summed E-state index contributed by atoms with van der Waals surface area (Å²) in [5.41, 5.74) is 0.167. The second kappa shape index (κ2) is 7.54. The molecule has 1 atom stereocenters. The minimum Gasteiger partial charge on any atom is -0.450 e. The van der Waals surface area contributed by atoms with Crippen molar-refractivity contribution in [2.24, 2.45) is 0 Å². The number of pyridine rings is 1. The molecule has 10 heteroatoms. The first kappa shape index (κ1) is 20.3. The summed E-state index contributed by atoms with van der Waals surface area (Å²) in [5, 5.41) is 12.0. The van der Waals surface area contributed by atoms with Crippen molar-refractivity contribution in [3.63, 3.8) is 0 Å². The second-order valence-electron chi connectivity index (χ2n) is 7.08. The van der Waals surface area contributed by atoms with Gasteiger partial charge in [0.05, 0.1) is 26.9 Å². The molecule has 1 amide bonds. The van der Waals surface area contributed by atoms with Crippen molar-refractivity contribution in [1.29, 1.82) is 0 Å². The van der Waals surface area contributed by atoms with Gasteiger partial charge in [-0.25, -0.2) is 4.98 Å². The maximum absolute atomic E-state index is 13.5. The van der Waals surface area contributed by atoms with Gasteiger partial charge >= 0.3 is 0 Å². The van der Waals surface area contributed by atoms with Crippen LogP contribution in [0, 0.1) is 10.1 Å². The van der Waals surface area contributed by atoms with E-state index < -0.39 is 22.3 Å². The van der Waals surface area contributed by atoms with Crippen LogP contribution in [0.25, 0.3) is 11.0 Å². The first-order valence-corrected chi connectivity index (χ1v) is 10.5. The standard InChI is InChI=1S/C22H11BrClN3O5/c23-12-4-6-16-15(9-12)20(28)18-19(11-2-1-3-14(8-11)27(30)31)26(22(29)21(18)32-16)17-7-5-13(24)10-25-17/h1-10,19H. The molecule has 5 rings (SSSR count). The van der Waals surface area contributed by atoms with E-state index in [4.69, 9.17) is 16.0 Å². The number of halogens is 2. The van der Waals surface area contributed by atoms with Crippen LogP contribution in [0.2, 0.25) is 5.02 Å². The molecule has 2 aromatic heterocycles. The van der Waals surface area contributed by atoms with Gasteiger partial charge in [-0.05, 0) is 35.9 Å². The number of nitrogens with zero attached hydrogens (tertiary/aromatic N) is 3. The Morgan fingerprint density at radius 1 is 1.12 bits per heavy atom. The van der Waals surface area contributed by atoms with E-state index in [1.165, 1.54) is 35.4 Å². The molecule has 0 spiro atoms. The number of rotatable bonds is 3. The molecule has 32 heavy (non-hydrogen) atoms. The number of carbonyl (C=O) groups is 1. The number of benzene rings is 2. The zero-order chi connectivity index (χ0) is 22.6. The van der Waals surface area contributed by atoms with E-state index >= 15 is 0 Å². The van der Waals surface area contributed by atoms with Gasteiger partial charge in [0, 0.05) is 22.8 Å². The molecule has 0 radical (unpaired) electrons. The number of amides is 1. The number of aromatic nitrogens is 1. The van der Waals surface area contributed by atoms with Crippen molar-refractivity contribution in [2.45, 2.75) is 6.04 Å². The van der Waals surface area contributed by atoms with Crippen LogP contribution in [-0.2, 0) is 0 Å². The zero-order valence-electron chi connectivity index (χ0n) is 16.0. The number of carbonyl (C=O) groups excluding carboxylic acids is 1. The number of fused-ring (bicyclic) bond motifs is 2. The van der Waals surface area contributed by atoms with E-state index in [0.29, 0.717) is 15.1 Å². The largest absolute Gasteiger partial charge is 0.450 e. The number of nitro benzene ring substituents is 1. The van der Waals surface area contributed by atoms with E-state index in [9.17, 15) is 19.7 Å². The maximum Gasteiger partial charge on any atom is 0.296 e. The fourth-order valence-electron chi connectivity index (χ4n) is 3.82. The highest BCUT2D eigenvalue weighted by Gasteiger charge is 2.44. The van der Waals surface area contributed by atoms with E-state index in [2.05, 4.69) is 20.9 Å². The Kier molecular flexibility index (Phi) is 4.79. The predicted octanol–water partition coefficient (Wildman–Crippen LogP) is 5.26. The van der Waals surface area contributed by atoms with Gasteiger partial charge in [-0.2, -0.15) is 0 Å². The quantitative estimate of drug-likeness (QED) is 0.274. The van der Waals surface area contributed by atoms with Crippen LogP contribution < -0.4 is 10.3 Å². The van der Waals surface area contributed by atoms with E-state index in [0.717, 1.165) is 0 Å². The van der Waals surface area contributed by atoms with Crippen LogP contribution in [-0.4, -0.2) is 15.8 Å². The molecular weight excluding hydrogens is 502 g/mol. The van der Waals surface area contributed by atoms with Crippen molar-refractivity contribution in [2.75, 3.05) is 4.90 Å². The van der Waals surface area contributed by atoms with Gasteiger partial charge in [0.15, 0.2) is 5.43 Å². The highest BCUT2D eigenvalue weighted by molar-refractivity contribution is 9.10. The van der Waals surface area contributed by atoms with Crippen molar-refractivity contribution in [3.8, 4) is 0 Å². The number of hydrogen-bond donors (Lipinski definition) is 0. The van der Waals surface area contributed by atoms with Gasteiger partial charge in [0.1, 0.15) is 11.4 Å². The number of anilines is 1. The third kappa shape index (κ3) is 3.17. The van der Waals surface area contributed by atoms with E-state index in [-0.39, 0.29) is 33.8 Å². The molecule has 3 heterocycles. The second-order valence-corrected chi connectivity index (χ2v) is 8.43. The Morgan fingerprint density at radius 3 is 2.66 bits per heavy atom. The Morgan fingerprint density at radius 2 is 1.94 bits per heavy atom. The Hall–Kier alpha value is -3.56. The molecule has 1 aliphatic heterocycles. The van der Waals surface area contributed by atoms with Crippen LogP contribution in [0.15, 0.2) is 74.5 Å². The van der Waals surface area contributed by atoms with Crippen molar-refractivity contribution in [3.05, 3.63) is 108 Å². The summed E-state index contributed by atoms with van der Waals surface area (Å²) in [4.78, 5) is 43.3. The summed E-state index contributed by atoms with van der Waals surface area (Å²) in [6.07, 6.45) is 1.38. The zero-order valence-corrected chi connectivity index (χ0v) is 18.3. The van der Waals surface area contributed by atoms with Crippen LogP contribution in [0.1, 0.15) is 27.7 Å². The monoisotopic (exact) mass is 511 g/mol. The Bertz CT molecular complexity index is 1490. The molecule has 1 aliphatic rings. The third-order valence-corrected chi connectivity index (χ3v) is 5.90. The molecule has 1 unspecified atom stereocenters. The van der Waals surface area contributed by atoms with Crippen LogP contribution in [0.3, 0.4) is 0 Å². The molecule has 0 bridgehead atoms. The highest BCUT2D eigenvalue weighted by atomic mass is 79.9. The number of nitro groups is 1. The summed E-state index contributed by atoms with van der Waals surface area (Å²) >= 11 is 9.29. The molecule has 8 nitrogen and oxygen atoms in total. The maximum atomic E-state index is 13.5. The molecule has 0 saturated carbocycles. The normalized spacial score (nSPS) is 15.2. The Balaban J connectivity index is 1.82. The lowest BCUT2D eigenvalue weighted by atomic mass is 9.98. The molecule has 2 aromatic carbocycles. The summed E-state index contributed by atoms with van der Waals surface area (Å²) in [7, 11) is 0. The fraction of sp³-hybridized carbons (Fsp3) is 0.0455. The lowest BCUT2D eigenvalue weighted by molar-refractivity contribution is -0.384. The van der Waals surface area contributed by atoms with Gasteiger partial charge in [-0.15, -0.1) is 0 Å². The summed E-state index contributed by atoms with van der Waals surface area (Å²) < 4.78 is 6.53. The van der Waals surface area contributed by atoms with Crippen molar-refractivity contribution in [1.82, 2.24) is 4.98 Å².